The molecule has 0 spiro atoms. The first kappa shape index (κ1) is 11.0. The highest BCUT2D eigenvalue weighted by molar-refractivity contribution is 6.16. The lowest BCUT2D eigenvalue weighted by Gasteiger charge is -2.03. The highest BCUT2D eigenvalue weighted by Gasteiger charge is 2.05. The number of alkyl halides is 1. The van der Waals surface area contributed by atoms with Crippen molar-refractivity contribution in [3.8, 4) is 5.75 Å². The Hall–Kier alpha value is -1.55. The van der Waals surface area contributed by atoms with Crippen molar-refractivity contribution in [3.63, 3.8) is 0 Å². The van der Waals surface area contributed by atoms with Gasteiger partial charge in [0.05, 0.1) is 5.88 Å². The van der Waals surface area contributed by atoms with E-state index >= 15 is 0 Å². The van der Waals surface area contributed by atoms with Crippen molar-refractivity contribution in [3.05, 3.63) is 41.5 Å². The van der Waals surface area contributed by atoms with Crippen LogP contribution in [0.25, 0.3) is 0 Å². The molecule has 0 N–H and O–H groups in total. The molecule has 1 heterocycles. The van der Waals surface area contributed by atoms with E-state index in [0.717, 1.165) is 11.3 Å². The lowest BCUT2D eigenvalue weighted by Crippen LogP contribution is -1.96. The van der Waals surface area contributed by atoms with Gasteiger partial charge < -0.3 is 9.26 Å². The second-order valence-corrected chi connectivity index (χ2v) is 3.61. The molecule has 0 aliphatic heterocycles. The van der Waals surface area contributed by atoms with Crippen LogP contribution in [0.3, 0.4) is 0 Å². The third-order valence-corrected chi connectivity index (χ3v) is 2.22. The Morgan fingerprint density at radius 3 is 3.00 bits per heavy atom. The molecule has 0 aliphatic rings. The number of rotatable bonds is 4. The highest BCUT2D eigenvalue weighted by atomic mass is 35.5. The normalized spacial score (nSPS) is 10.4. The summed E-state index contributed by atoms with van der Waals surface area (Å²) in [6, 6.07) is 7.76. The standard InChI is InChI=1S/C11H11ClN2O2/c1-8-3-2-4-9(5-8)15-7-11-13-10(6-12)14-16-11/h2-5H,6-7H2,1H3. The van der Waals surface area contributed by atoms with Crippen molar-refractivity contribution in [2.75, 3.05) is 0 Å². The zero-order chi connectivity index (χ0) is 11.4. The summed E-state index contributed by atoms with van der Waals surface area (Å²) in [7, 11) is 0. The van der Waals surface area contributed by atoms with Crippen LogP contribution in [-0.4, -0.2) is 10.1 Å². The first-order chi connectivity index (χ1) is 7.78. The molecular weight excluding hydrogens is 228 g/mol. The molecule has 1 aromatic heterocycles. The lowest BCUT2D eigenvalue weighted by molar-refractivity contribution is 0.242. The van der Waals surface area contributed by atoms with Crippen LogP contribution in [0.4, 0.5) is 0 Å². The second kappa shape index (κ2) is 4.99. The van der Waals surface area contributed by atoms with E-state index in [1.807, 2.05) is 31.2 Å². The molecule has 0 aliphatic carbocycles. The average molecular weight is 239 g/mol. The van der Waals surface area contributed by atoms with E-state index < -0.39 is 0 Å². The summed E-state index contributed by atoms with van der Waals surface area (Å²) in [6.07, 6.45) is 0. The monoisotopic (exact) mass is 238 g/mol. The smallest absolute Gasteiger partial charge is 0.264 e. The maximum atomic E-state index is 5.55. The summed E-state index contributed by atoms with van der Waals surface area (Å²) >= 11 is 5.55. The zero-order valence-corrected chi connectivity index (χ0v) is 9.57. The minimum absolute atomic E-state index is 0.244. The fourth-order valence-electron chi connectivity index (χ4n) is 1.25. The molecule has 2 aromatic rings. The summed E-state index contributed by atoms with van der Waals surface area (Å²) in [5, 5.41) is 3.67. The van der Waals surface area contributed by atoms with Gasteiger partial charge in [0.1, 0.15) is 5.75 Å². The number of nitrogens with zero attached hydrogens (tertiary/aromatic N) is 2. The maximum Gasteiger partial charge on any atom is 0.264 e. The minimum Gasteiger partial charge on any atom is -0.484 e. The Kier molecular flexibility index (Phi) is 3.41. The van der Waals surface area contributed by atoms with Crippen LogP contribution < -0.4 is 4.74 Å². The predicted molar refractivity (Wildman–Crippen MR) is 59.4 cm³/mol. The highest BCUT2D eigenvalue weighted by Crippen LogP contribution is 2.14. The van der Waals surface area contributed by atoms with Gasteiger partial charge in [-0.05, 0) is 24.6 Å². The summed E-state index contributed by atoms with van der Waals surface area (Å²) < 4.78 is 10.4. The van der Waals surface area contributed by atoms with E-state index in [1.54, 1.807) is 0 Å². The Balaban J connectivity index is 1.96. The van der Waals surface area contributed by atoms with E-state index in [9.17, 15) is 0 Å². The van der Waals surface area contributed by atoms with E-state index in [0.29, 0.717) is 11.7 Å². The van der Waals surface area contributed by atoms with Crippen molar-refractivity contribution in [2.45, 2.75) is 19.4 Å². The maximum absolute atomic E-state index is 5.55. The van der Waals surface area contributed by atoms with Gasteiger partial charge in [-0.15, -0.1) is 11.6 Å². The molecule has 1 aromatic carbocycles. The summed E-state index contributed by atoms with van der Waals surface area (Å²) in [5.41, 5.74) is 1.14. The third-order valence-electron chi connectivity index (χ3n) is 1.98. The third kappa shape index (κ3) is 2.73. The number of hydrogen-bond donors (Lipinski definition) is 0. The van der Waals surface area contributed by atoms with Gasteiger partial charge in [0, 0.05) is 0 Å². The number of aromatic nitrogens is 2. The van der Waals surface area contributed by atoms with Crippen molar-refractivity contribution in [1.29, 1.82) is 0 Å². The number of benzene rings is 1. The molecule has 0 bridgehead atoms. The van der Waals surface area contributed by atoms with Gasteiger partial charge in [0.2, 0.25) is 0 Å². The Morgan fingerprint density at radius 1 is 1.44 bits per heavy atom. The van der Waals surface area contributed by atoms with Crippen LogP contribution in [0.1, 0.15) is 17.3 Å². The molecule has 0 amide bonds. The van der Waals surface area contributed by atoms with E-state index in [1.165, 1.54) is 0 Å². The molecule has 0 saturated heterocycles. The molecule has 2 rings (SSSR count). The van der Waals surface area contributed by atoms with Crippen LogP contribution in [0.15, 0.2) is 28.8 Å². The molecule has 0 atom stereocenters. The van der Waals surface area contributed by atoms with Crippen LogP contribution in [0.5, 0.6) is 5.75 Å². The lowest BCUT2D eigenvalue weighted by atomic mass is 10.2. The first-order valence-electron chi connectivity index (χ1n) is 4.85. The minimum atomic E-state index is 0.244. The number of hydrogen-bond acceptors (Lipinski definition) is 4. The number of halogens is 1. The number of aryl methyl sites for hydroxylation is 1. The molecular formula is C11H11ClN2O2. The SMILES string of the molecule is Cc1cccc(OCc2nc(CCl)no2)c1. The molecule has 84 valence electrons. The quantitative estimate of drug-likeness (QED) is 0.769. The predicted octanol–water partition coefficient (Wildman–Crippen LogP) is 2.70. The average Bonchev–Trinajstić information content (AvgIpc) is 2.74. The molecule has 16 heavy (non-hydrogen) atoms. The van der Waals surface area contributed by atoms with Crippen molar-refractivity contribution in [1.82, 2.24) is 10.1 Å². The fourth-order valence-corrected chi connectivity index (χ4v) is 1.36. The van der Waals surface area contributed by atoms with Gasteiger partial charge >= 0.3 is 0 Å². The van der Waals surface area contributed by atoms with E-state index in [4.69, 9.17) is 20.9 Å². The van der Waals surface area contributed by atoms with Gasteiger partial charge in [-0.1, -0.05) is 17.3 Å². The van der Waals surface area contributed by atoms with Crippen molar-refractivity contribution < 1.29 is 9.26 Å². The molecule has 0 unspecified atom stereocenters. The fraction of sp³-hybridized carbons (Fsp3) is 0.273. The van der Waals surface area contributed by atoms with Gasteiger partial charge in [0.15, 0.2) is 12.4 Å². The molecule has 4 nitrogen and oxygen atoms in total. The second-order valence-electron chi connectivity index (χ2n) is 3.34. The van der Waals surface area contributed by atoms with E-state index in [2.05, 4.69) is 10.1 Å². The Labute approximate surface area is 98.2 Å². The molecule has 0 fully saturated rings. The van der Waals surface area contributed by atoms with E-state index in [-0.39, 0.29) is 12.5 Å². The zero-order valence-electron chi connectivity index (χ0n) is 8.81. The topological polar surface area (TPSA) is 48.2 Å². The van der Waals surface area contributed by atoms with Crippen LogP contribution >= 0.6 is 11.6 Å². The Bertz CT molecular complexity index is 471. The summed E-state index contributed by atoms with van der Waals surface area (Å²) in [4.78, 5) is 4.03. The Morgan fingerprint density at radius 2 is 2.31 bits per heavy atom. The number of ether oxygens (including phenoxy) is 1. The molecule has 5 heteroatoms. The summed E-state index contributed by atoms with van der Waals surface area (Å²) in [5.74, 6) is 1.93. The molecule has 0 saturated carbocycles. The van der Waals surface area contributed by atoms with Crippen molar-refractivity contribution in [2.24, 2.45) is 0 Å². The van der Waals surface area contributed by atoms with Crippen LogP contribution in [0.2, 0.25) is 0 Å². The van der Waals surface area contributed by atoms with Crippen LogP contribution in [-0.2, 0) is 12.5 Å². The van der Waals surface area contributed by atoms with Gasteiger partial charge in [-0.3, -0.25) is 0 Å². The van der Waals surface area contributed by atoms with Crippen LogP contribution in [0, 0.1) is 6.92 Å². The molecule has 0 radical (unpaired) electrons. The van der Waals surface area contributed by atoms with Gasteiger partial charge in [-0.2, -0.15) is 4.98 Å². The summed E-state index contributed by atoms with van der Waals surface area (Å²) in [6.45, 7) is 2.26. The first-order valence-corrected chi connectivity index (χ1v) is 5.38. The van der Waals surface area contributed by atoms with Gasteiger partial charge in [-0.25, -0.2) is 0 Å². The largest absolute Gasteiger partial charge is 0.484 e. The van der Waals surface area contributed by atoms with Gasteiger partial charge in [0.25, 0.3) is 5.89 Å². The van der Waals surface area contributed by atoms with Crippen molar-refractivity contribution >= 4 is 11.6 Å².